The molecule has 3 aromatic rings. The number of aliphatic hydroxyl groups is 2. The highest BCUT2D eigenvalue weighted by molar-refractivity contribution is 7.90. The summed E-state index contributed by atoms with van der Waals surface area (Å²) in [6.07, 6.45) is 7.66. The van der Waals surface area contributed by atoms with E-state index in [1.54, 1.807) is 36.7 Å². The van der Waals surface area contributed by atoms with Gasteiger partial charge in [0.05, 0.1) is 23.5 Å². The van der Waals surface area contributed by atoms with Crippen LogP contribution in [0.3, 0.4) is 0 Å². The Hall–Kier alpha value is -2.93. The molecule has 1 heterocycles. The molecule has 0 spiro atoms. The molecular formula is C31H41Cl2N3O7S. The van der Waals surface area contributed by atoms with Gasteiger partial charge in [-0.15, -0.1) is 24.8 Å². The maximum atomic E-state index is 13.0. The Bertz CT molecular complexity index is 1390. The van der Waals surface area contributed by atoms with Crippen molar-refractivity contribution in [3.05, 3.63) is 78.1 Å². The molecule has 0 bridgehead atoms. The van der Waals surface area contributed by atoms with Crippen LogP contribution in [-0.2, 0) is 10.0 Å². The second-order valence-electron chi connectivity index (χ2n) is 10.3. The van der Waals surface area contributed by atoms with E-state index in [1.807, 2.05) is 30.3 Å². The first-order chi connectivity index (χ1) is 20.3. The fourth-order valence-electron chi connectivity index (χ4n) is 4.77. The third kappa shape index (κ3) is 11.5. The van der Waals surface area contributed by atoms with Crippen molar-refractivity contribution in [3.63, 3.8) is 0 Å². The van der Waals surface area contributed by atoms with Gasteiger partial charge >= 0.3 is 0 Å². The van der Waals surface area contributed by atoms with Crippen molar-refractivity contribution in [2.24, 2.45) is 0 Å². The highest BCUT2D eigenvalue weighted by Gasteiger charge is 2.23. The fourth-order valence-corrected chi connectivity index (χ4v) is 5.77. The number of rotatable bonds is 15. The van der Waals surface area contributed by atoms with Crippen molar-refractivity contribution in [1.82, 2.24) is 15.0 Å². The number of ether oxygens (including phenoxy) is 2. The summed E-state index contributed by atoms with van der Waals surface area (Å²) in [5.74, 6) is -0.0647. The molecule has 0 radical (unpaired) electrons. The summed E-state index contributed by atoms with van der Waals surface area (Å²) in [6.45, 7) is 1.09. The SMILES string of the molecule is Cl.Cl.O=C(NS(=O)(=O)CCCO)c1ccc(-c2ccc(OCCNC[C@H](O)c3cccnc3)cc2)cc1OC1CCCCC1. The van der Waals surface area contributed by atoms with Gasteiger partial charge in [0.1, 0.15) is 18.1 Å². The second kappa shape index (κ2) is 18.8. The highest BCUT2D eigenvalue weighted by atomic mass is 35.5. The molecule has 2 aromatic carbocycles. The van der Waals surface area contributed by atoms with Crippen LogP contribution in [0.15, 0.2) is 67.0 Å². The number of pyridine rings is 1. The minimum absolute atomic E-state index is 0. The second-order valence-corrected chi connectivity index (χ2v) is 12.1. The van der Waals surface area contributed by atoms with Crippen LogP contribution in [0, 0.1) is 0 Å². The Morgan fingerprint density at radius 3 is 2.43 bits per heavy atom. The third-order valence-electron chi connectivity index (χ3n) is 7.03. The molecule has 1 aliphatic rings. The number of aliphatic hydroxyl groups excluding tert-OH is 2. The summed E-state index contributed by atoms with van der Waals surface area (Å²) >= 11 is 0. The van der Waals surface area contributed by atoms with Crippen LogP contribution in [0.1, 0.15) is 60.6 Å². The fraction of sp³-hybridized carbons (Fsp3) is 0.419. The zero-order chi connectivity index (χ0) is 29.8. The van der Waals surface area contributed by atoms with Gasteiger partial charge in [0.2, 0.25) is 10.0 Å². The maximum absolute atomic E-state index is 13.0. The Balaban J connectivity index is 0.00000337. The summed E-state index contributed by atoms with van der Waals surface area (Å²) in [6, 6.07) is 16.3. The zero-order valence-electron chi connectivity index (χ0n) is 24.4. The number of aromatic nitrogens is 1. The molecular weight excluding hydrogens is 629 g/mol. The lowest BCUT2D eigenvalue weighted by Gasteiger charge is -2.24. The molecule has 0 unspecified atom stereocenters. The predicted molar refractivity (Wildman–Crippen MR) is 174 cm³/mol. The number of amides is 1. The molecule has 13 heteroatoms. The lowest BCUT2D eigenvalue weighted by Crippen LogP contribution is -2.33. The molecule has 4 rings (SSSR count). The Kier molecular flexibility index (Phi) is 15.9. The van der Waals surface area contributed by atoms with Crippen molar-refractivity contribution >= 4 is 40.7 Å². The van der Waals surface area contributed by atoms with Crippen LogP contribution in [0.4, 0.5) is 0 Å². The van der Waals surface area contributed by atoms with E-state index in [2.05, 4.69) is 15.0 Å². The molecule has 1 saturated carbocycles. The van der Waals surface area contributed by atoms with Crippen LogP contribution >= 0.6 is 24.8 Å². The smallest absolute Gasteiger partial charge is 0.268 e. The van der Waals surface area contributed by atoms with Gasteiger partial charge in [-0.3, -0.25) is 9.78 Å². The van der Waals surface area contributed by atoms with E-state index in [4.69, 9.17) is 14.6 Å². The van der Waals surface area contributed by atoms with E-state index < -0.39 is 22.0 Å². The first-order valence-corrected chi connectivity index (χ1v) is 16.0. The number of halogens is 2. The first-order valence-electron chi connectivity index (χ1n) is 14.3. The molecule has 242 valence electrons. The molecule has 4 N–H and O–H groups in total. The largest absolute Gasteiger partial charge is 0.492 e. The third-order valence-corrected chi connectivity index (χ3v) is 8.36. The van der Waals surface area contributed by atoms with Crippen molar-refractivity contribution in [1.29, 1.82) is 0 Å². The maximum Gasteiger partial charge on any atom is 0.268 e. The van der Waals surface area contributed by atoms with Gasteiger partial charge in [0.25, 0.3) is 5.91 Å². The van der Waals surface area contributed by atoms with Crippen molar-refractivity contribution in [2.75, 3.05) is 32.1 Å². The van der Waals surface area contributed by atoms with Gasteiger partial charge in [-0.25, -0.2) is 13.1 Å². The standard InChI is InChI=1S/C31H39N3O7S.2ClH/c35-17-5-19-42(38,39)34-31(37)28-14-11-24(20-30(28)41-27-7-2-1-3-8-27)23-9-12-26(13-10-23)40-18-16-33-22-29(36)25-6-4-15-32-21-25;;/h4,6,9-15,20-21,27,29,33,35-36H,1-3,5,7-8,16-19,22H2,(H,34,37);2*1H/t29-;;/m0../s1. The molecule has 1 atom stereocenters. The molecule has 10 nitrogen and oxygen atoms in total. The van der Waals surface area contributed by atoms with Crippen molar-refractivity contribution in [3.8, 4) is 22.6 Å². The number of sulfonamides is 1. The van der Waals surface area contributed by atoms with Gasteiger partial charge in [0, 0.05) is 37.7 Å². The van der Waals surface area contributed by atoms with E-state index in [0.717, 1.165) is 48.8 Å². The summed E-state index contributed by atoms with van der Waals surface area (Å²) in [5.41, 5.74) is 2.61. The number of nitrogens with one attached hydrogen (secondary N) is 2. The van der Waals surface area contributed by atoms with Crippen molar-refractivity contribution in [2.45, 2.75) is 50.7 Å². The van der Waals surface area contributed by atoms with Crippen LogP contribution in [-0.4, -0.2) is 67.7 Å². The van der Waals surface area contributed by atoms with Gasteiger partial charge in [0.15, 0.2) is 0 Å². The summed E-state index contributed by atoms with van der Waals surface area (Å²) in [4.78, 5) is 17.0. The topological polar surface area (TPSA) is 147 Å². The number of carbonyl (C=O) groups excluding carboxylic acids is 1. The van der Waals surface area contributed by atoms with E-state index in [-0.39, 0.29) is 55.3 Å². The molecule has 0 saturated heterocycles. The molecule has 1 aromatic heterocycles. The van der Waals surface area contributed by atoms with E-state index in [1.165, 1.54) is 0 Å². The quantitative estimate of drug-likeness (QED) is 0.172. The number of nitrogens with zero attached hydrogens (tertiary/aromatic N) is 1. The van der Waals surface area contributed by atoms with Crippen LogP contribution in [0.5, 0.6) is 11.5 Å². The van der Waals surface area contributed by atoms with Gasteiger partial charge in [-0.05, 0) is 73.6 Å². The van der Waals surface area contributed by atoms with E-state index in [0.29, 0.717) is 31.2 Å². The lowest BCUT2D eigenvalue weighted by atomic mass is 9.97. The van der Waals surface area contributed by atoms with Crippen LogP contribution in [0.25, 0.3) is 11.1 Å². The molecule has 1 fully saturated rings. The number of benzene rings is 2. The molecule has 44 heavy (non-hydrogen) atoms. The minimum Gasteiger partial charge on any atom is -0.492 e. The molecule has 1 amide bonds. The van der Waals surface area contributed by atoms with Gasteiger partial charge in [-0.1, -0.05) is 30.7 Å². The van der Waals surface area contributed by atoms with Gasteiger partial charge in [-0.2, -0.15) is 0 Å². The average Bonchev–Trinajstić information content (AvgIpc) is 3.01. The summed E-state index contributed by atoms with van der Waals surface area (Å²) in [5, 5.41) is 22.3. The normalized spacial score (nSPS) is 14.0. The van der Waals surface area contributed by atoms with Gasteiger partial charge < -0.3 is 25.0 Å². The Morgan fingerprint density at radius 1 is 1.02 bits per heavy atom. The van der Waals surface area contributed by atoms with E-state index in [9.17, 15) is 18.3 Å². The lowest BCUT2D eigenvalue weighted by molar-refractivity contribution is 0.0969. The Labute approximate surface area is 271 Å². The number of hydrogen-bond acceptors (Lipinski definition) is 9. The molecule has 1 aliphatic carbocycles. The first kappa shape index (κ1) is 37.3. The highest BCUT2D eigenvalue weighted by Crippen LogP contribution is 2.32. The Morgan fingerprint density at radius 2 is 1.75 bits per heavy atom. The van der Waals surface area contributed by atoms with Crippen LogP contribution in [0.2, 0.25) is 0 Å². The number of hydrogen-bond donors (Lipinski definition) is 4. The number of carbonyl (C=O) groups is 1. The average molecular weight is 671 g/mol. The summed E-state index contributed by atoms with van der Waals surface area (Å²) < 4.78 is 38.8. The van der Waals surface area contributed by atoms with Crippen LogP contribution < -0.4 is 19.5 Å². The minimum atomic E-state index is -3.89. The zero-order valence-corrected chi connectivity index (χ0v) is 26.8. The summed E-state index contributed by atoms with van der Waals surface area (Å²) in [7, 11) is -3.89. The predicted octanol–water partition coefficient (Wildman–Crippen LogP) is 4.45. The van der Waals surface area contributed by atoms with Crippen molar-refractivity contribution < 1.29 is 32.9 Å². The van der Waals surface area contributed by atoms with E-state index >= 15 is 0 Å². The molecule has 0 aliphatic heterocycles. The monoisotopic (exact) mass is 669 g/mol.